The van der Waals surface area contributed by atoms with E-state index in [-0.39, 0.29) is 91.0 Å². The van der Waals surface area contributed by atoms with Crippen molar-refractivity contribution in [1.82, 2.24) is 0 Å². The molecule has 1 aromatic carbocycles. The normalized spacial score (nSPS) is 13.5. The van der Waals surface area contributed by atoms with Crippen molar-refractivity contribution in [1.29, 1.82) is 0 Å². The molecule has 0 saturated heterocycles. The predicted molar refractivity (Wildman–Crippen MR) is 68.0 cm³/mol. The van der Waals surface area contributed by atoms with Gasteiger partial charge in [-0.25, -0.2) is 14.4 Å². The van der Waals surface area contributed by atoms with Crippen molar-refractivity contribution >= 4 is 18.1 Å². The molecule has 2 N–H and O–H groups in total. The molecule has 0 radical (unpaired) electrons. The van der Waals surface area contributed by atoms with Crippen molar-refractivity contribution < 1.29 is 113 Å². The van der Waals surface area contributed by atoms with E-state index in [1.54, 1.807) is 24.3 Å². The Morgan fingerprint density at radius 3 is 1.45 bits per heavy atom. The Balaban J connectivity index is -0.000000517. The SMILES string of the molecule is O=C(O)O.O=C1OCCCCOC(=O)c2ccc1cc2.[H-].[K+].[Zr]. The van der Waals surface area contributed by atoms with Gasteiger partial charge in [-0.3, -0.25) is 0 Å². The molecule has 2 aliphatic heterocycles. The van der Waals surface area contributed by atoms with Crippen LogP contribution in [0.3, 0.4) is 0 Å². The van der Waals surface area contributed by atoms with Gasteiger partial charge in [0.05, 0.1) is 24.3 Å². The van der Waals surface area contributed by atoms with Crippen LogP contribution in [-0.2, 0) is 35.7 Å². The summed E-state index contributed by atoms with van der Waals surface area (Å²) in [7, 11) is 0. The van der Waals surface area contributed by atoms with Gasteiger partial charge in [-0.05, 0) is 37.1 Å². The summed E-state index contributed by atoms with van der Waals surface area (Å²) in [5.74, 6) is -0.694. The number of carbonyl (C=O) groups excluding carboxylic acids is 2. The van der Waals surface area contributed by atoms with Gasteiger partial charge in [-0.15, -0.1) is 0 Å². The molecule has 7 nitrogen and oxygen atoms in total. The molecular formula is C13H15KO7Zr. The molecule has 9 heteroatoms. The van der Waals surface area contributed by atoms with E-state index < -0.39 is 6.16 Å². The van der Waals surface area contributed by atoms with E-state index in [0.717, 1.165) is 0 Å². The van der Waals surface area contributed by atoms with E-state index in [1.807, 2.05) is 0 Å². The molecule has 2 aliphatic rings. The minimum absolute atomic E-state index is 0. The summed E-state index contributed by atoms with van der Waals surface area (Å²) in [5.41, 5.74) is 0.911. The number of carboxylic acid groups (broad SMARTS) is 2. The molecule has 0 aromatic heterocycles. The molecule has 0 aliphatic carbocycles. The Hall–Kier alpha value is -0.0505. The molecule has 0 spiro atoms. The Kier molecular flexibility index (Phi) is 14.7. The van der Waals surface area contributed by atoms with Crippen molar-refractivity contribution in [2.24, 2.45) is 0 Å². The van der Waals surface area contributed by atoms with Crippen LogP contribution < -0.4 is 51.4 Å². The Morgan fingerprint density at radius 2 is 1.18 bits per heavy atom. The molecule has 3 rings (SSSR count). The summed E-state index contributed by atoms with van der Waals surface area (Å²) in [4.78, 5) is 31.5. The minimum atomic E-state index is -1.83. The number of fused-ring (bicyclic) bond motifs is 9. The third-order valence-corrected chi connectivity index (χ3v) is 2.36. The molecule has 114 valence electrons. The largest absolute Gasteiger partial charge is 1.00 e. The number of hydrogen-bond donors (Lipinski definition) is 2. The zero-order valence-electron chi connectivity index (χ0n) is 13.1. The monoisotopic (exact) mass is 412 g/mol. The second-order valence-electron chi connectivity index (χ2n) is 3.84. The second kappa shape index (κ2) is 13.4. The maximum absolute atomic E-state index is 11.5. The Labute approximate surface area is 190 Å². The van der Waals surface area contributed by atoms with Crippen LogP contribution in [0.4, 0.5) is 4.79 Å². The van der Waals surface area contributed by atoms with Crippen LogP contribution in [0.2, 0.25) is 0 Å². The van der Waals surface area contributed by atoms with Gasteiger partial charge in [0.2, 0.25) is 0 Å². The van der Waals surface area contributed by atoms with Crippen molar-refractivity contribution in [3.63, 3.8) is 0 Å². The fourth-order valence-corrected chi connectivity index (χ4v) is 1.44. The molecular weight excluding hydrogens is 398 g/mol. The van der Waals surface area contributed by atoms with E-state index in [2.05, 4.69) is 0 Å². The van der Waals surface area contributed by atoms with E-state index in [0.29, 0.717) is 37.2 Å². The zero-order chi connectivity index (χ0) is 15.0. The van der Waals surface area contributed by atoms with Gasteiger partial charge < -0.3 is 21.1 Å². The molecule has 0 saturated carbocycles. The van der Waals surface area contributed by atoms with Gasteiger partial charge in [0.25, 0.3) is 0 Å². The van der Waals surface area contributed by atoms with E-state index in [1.165, 1.54) is 0 Å². The van der Waals surface area contributed by atoms with Gasteiger partial charge in [-0.2, -0.15) is 0 Å². The molecule has 2 heterocycles. The minimum Gasteiger partial charge on any atom is -1.00 e. The summed E-state index contributed by atoms with van der Waals surface area (Å²) >= 11 is 0. The average Bonchev–Trinajstić information content (AvgIpc) is 2.40. The fourth-order valence-electron chi connectivity index (χ4n) is 1.44. The third-order valence-electron chi connectivity index (χ3n) is 2.36. The number of ether oxygens (including phenoxy) is 2. The summed E-state index contributed by atoms with van der Waals surface area (Å²) in [5, 5.41) is 13.9. The van der Waals surface area contributed by atoms with Crippen molar-refractivity contribution in [3.8, 4) is 0 Å². The third kappa shape index (κ3) is 9.86. The first kappa shape index (κ1) is 24.2. The van der Waals surface area contributed by atoms with Crippen LogP contribution in [0.1, 0.15) is 35.0 Å². The smallest absolute Gasteiger partial charge is 1.00 e. The van der Waals surface area contributed by atoms with Crippen LogP contribution >= 0.6 is 0 Å². The van der Waals surface area contributed by atoms with Crippen LogP contribution in [0.5, 0.6) is 0 Å². The topological polar surface area (TPSA) is 110 Å². The first-order chi connectivity index (χ1) is 9.50. The molecule has 0 atom stereocenters. The first-order valence-corrected chi connectivity index (χ1v) is 5.87. The van der Waals surface area contributed by atoms with Crippen molar-refractivity contribution in [2.75, 3.05) is 13.2 Å². The predicted octanol–water partition coefficient (Wildman–Crippen LogP) is -0.870. The van der Waals surface area contributed by atoms with E-state index in [4.69, 9.17) is 24.5 Å². The summed E-state index contributed by atoms with van der Waals surface area (Å²) in [6.45, 7) is 0.719. The fraction of sp³-hybridized carbons (Fsp3) is 0.308. The van der Waals surface area contributed by atoms with Gasteiger partial charge in [0.15, 0.2) is 0 Å². The van der Waals surface area contributed by atoms with Crippen LogP contribution in [0.25, 0.3) is 0 Å². The number of benzene rings is 1. The number of rotatable bonds is 0. The molecule has 0 unspecified atom stereocenters. The van der Waals surface area contributed by atoms with Gasteiger partial charge in [-0.1, -0.05) is 0 Å². The number of carbonyl (C=O) groups is 3. The summed E-state index contributed by atoms with van der Waals surface area (Å²) in [6, 6.07) is 6.28. The summed E-state index contributed by atoms with van der Waals surface area (Å²) in [6.07, 6.45) is -0.426. The first-order valence-electron chi connectivity index (χ1n) is 5.87. The van der Waals surface area contributed by atoms with Gasteiger partial charge in [0, 0.05) is 26.2 Å². The maximum atomic E-state index is 11.5. The second-order valence-corrected chi connectivity index (χ2v) is 3.84. The number of hydrogen-bond acceptors (Lipinski definition) is 5. The molecule has 0 fully saturated rings. The summed E-state index contributed by atoms with van der Waals surface area (Å²) < 4.78 is 10.1. The molecule has 2 bridgehead atoms. The average molecular weight is 414 g/mol. The van der Waals surface area contributed by atoms with Crippen LogP contribution in [0.15, 0.2) is 24.3 Å². The van der Waals surface area contributed by atoms with Gasteiger partial charge in [0.1, 0.15) is 0 Å². The van der Waals surface area contributed by atoms with Crippen LogP contribution in [0, 0.1) is 0 Å². The molecule has 1 aromatic rings. The van der Waals surface area contributed by atoms with Crippen LogP contribution in [-0.4, -0.2) is 41.5 Å². The van der Waals surface area contributed by atoms with Gasteiger partial charge >= 0.3 is 69.5 Å². The Bertz CT molecular complexity index is 453. The number of esters is 2. The van der Waals surface area contributed by atoms with E-state index >= 15 is 0 Å². The zero-order valence-corrected chi connectivity index (χ0v) is 17.7. The maximum Gasteiger partial charge on any atom is 1.00 e. The molecule has 0 amide bonds. The Morgan fingerprint density at radius 1 is 0.909 bits per heavy atom. The van der Waals surface area contributed by atoms with Crippen molar-refractivity contribution in [3.05, 3.63) is 35.4 Å². The quantitative estimate of drug-likeness (QED) is 0.420. The molecule has 22 heavy (non-hydrogen) atoms. The van der Waals surface area contributed by atoms with Crippen molar-refractivity contribution in [2.45, 2.75) is 12.8 Å². The standard InChI is InChI=1S/C12H12O4.CH2O3.K.Zr.H/c13-11-9-3-5-10(6-4-9)12(14)16-8-2-1-7-15-11;2-1(3)4;;;/h3-6H,1-2,7-8H2;(H2,2,3,4);;;/q;;+1;;-1. The van der Waals surface area contributed by atoms with E-state index in [9.17, 15) is 9.59 Å².